The first-order valence-electron chi connectivity index (χ1n) is 7.77. The standard InChI is InChI=1S/C17H21BrN2O2S/c18-14-6-8-15(9-7-14)22-12-16(21)20-17(23)19-11-10-13-4-2-1-3-5-13/h4,6-9H,1-3,5,10-12H2,(H2,19,20,21,23). The zero-order chi connectivity index (χ0) is 16.5. The molecular formula is C17H21BrN2O2S. The molecule has 1 aromatic carbocycles. The van der Waals surface area contributed by atoms with Crippen molar-refractivity contribution in [2.24, 2.45) is 0 Å². The minimum absolute atomic E-state index is 0.0609. The summed E-state index contributed by atoms with van der Waals surface area (Å²) in [6.45, 7) is 0.688. The van der Waals surface area contributed by atoms with Crippen molar-refractivity contribution in [2.75, 3.05) is 13.2 Å². The van der Waals surface area contributed by atoms with E-state index in [2.05, 4.69) is 32.6 Å². The van der Waals surface area contributed by atoms with E-state index in [9.17, 15) is 4.79 Å². The van der Waals surface area contributed by atoms with E-state index in [-0.39, 0.29) is 12.5 Å². The first kappa shape index (κ1) is 17.9. The second-order valence-electron chi connectivity index (χ2n) is 5.40. The molecule has 23 heavy (non-hydrogen) atoms. The fraction of sp³-hybridized carbons (Fsp3) is 0.412. The molecule has 0 spiro atoms. The Morgan fingerprint density at radius 1 is 1.26 bits per heavy atom. The summed E-state index contributed by atoms with van der Waals surface area (Å²) in [6.07, 6.45) is 8.24. The maximum atomic E-state index is 11.8. The van der Waals surface area contributed by atoms with Crippen molar-refractivity contribution < 1.29 is 9.53 Å². The number of hydrogen-bond acceptors (Lipinski definition) is 3. The van der Waals surface area contributed by atoms with Crippen molar-refractivity contribution in [2.45, 2.75) is 32.1 Å². The number of benzene rings is 1. The summed E-state index contributed by atoms with van der Waals surface area (Å²) < 4.78 is 6.36. The SMILES string of the molecule is O=C(COc1ccc(Br)cc1)NC(=S)NCCC1=CCCCC1. The zero-order valence-electron chi connectivity index (χ0n) is 12.9. The first-order valence-corrected chi connectivity index (χ1v) is 8.97. The van der Waals surface area contributed by atoms with Gasteiger partial charge in [-0.3, -0.25) is 4.79 Å². The van der Waals surface area contributed by atoms with E-state index in [1.165, 1.54) is 31.3 Å². The van der Waals surface area contributed by atoms with Crippen molar-refractivity contribution in [1.29, 1.82) is 0 Å². The van der Waals surface area contributed by atoms with E-state index in [4.69, 9.17) is 17.0 Å². The van der Waals surface area contributed by atoms with Gasteiger partial charge in [0, 0.05) is 11.0 Å². The maximum absolute atomic E-state index is 11.8. The molecular weight excluding hydrogens is 376 g/mol. The quantitative estimate of drug-likeness (QED) is 0.568. The molecule has 0 fully saturated rings. The lowest BCUT2D eigenvalue weighted by atomic mass is 9.97. The van der Waals surface area contributed by atoms with E-state index in [0.29, 0.717) is 10.9 Å². The Morgan fingerprint density at radius 3 is 2.74 bits per heavy atom. The summed E-state index contributed by atoms with van der Waals surface area (Å²) >= 11 is 8.47. The van der Waals surface area contributed by atoms with Gasteiger partial charge >= 0.3 is 0 Å². The van der Waals surface area contributed by atoms with Crippen LogP contribution in [-0.4, -0.2) is 24.2 Å². The van der Waals surface area contributed by atoms with Gasteiger partial charge in [-0.25, -0.2) is 0 Å². The fourth-order valence-corrected chi connectivity index (χ4v) is 2.84. The van der Waals surface area contributed by atoms with Gasteiger partial charge in [0.15, 0.2) is 11.7 Å². The van der Waals surface area contributed by atoms with Crippen LogP contribution in [0.15, 0.2) is 40.4 Å². The highest BCUT2D eigenvalue weighted by Gasteiger charge is 2.07. The molecule has 0 radical (unpaired) electrons. The average Bonchev–Trinajstić information content (AvgIpc) is 2.55. The third kappa shape index (κ3) is 7.14. The summed E-state index contributed by atoms with van der Waals surface area (Å²) in [5.74, 6) is 0.383. The highest BCUT2D eigenvalue weighted by atomic mass is 79.9. The predicted molar refractivity (Wildman–Crippen MR) is 99.5 cm³/mol. The molecule has 0 bridgehead atoms. The number of carbonyl (C=O) groups is 1. The predicted octanol–water partition coefficient (Wildman–Crippen LogP) is 3.71. The molecule has 2 rings (SSSR count). The lowest BCUT2D eigenvalue weighted by Crippen LogP contribution is -2.41. The van der Waals surface area contributed by atoms with Crippen LogP contribution < -0.4 is 15.4 Å². The van der Waals surface area contributed by atoms with Gasteiger partial charge < -0.3 is 15.4 Å². The number of thiocarbonyl (C=S) groups is 1. The van der Waals surface area contributed by atoms with Crippen LogP contribution in [0.2, 0.25) is 0 Å². The number of allylic oxidation sites excluding steroid dienone is 1. The molecule has 1 amide bonds. The van der Waals surface area contributed by atoms with E-state index in [1.807, 2.05) is 12.1 Å². The monoisotopic (exact) mass is 396 g/mol. The second-order valence-corrected chi connectivity index (χ2v) is 6.73. The lowest BCUT2D eigenvalue weighted by molar-refractivity contribution is -0.121. The summed E-state index contributed by atoms with van der Waals surface area (Å²) in [7, 11) is 0. The number of carbonyl (C=O) groups excluding carboxylic acids is 1. The van der Waals surface area contributed by atoms with Crippen LogP contribution in [0.1, 0.15) is 32.1 Å². The van der Waals surface area contributed by atoms with Crippen LogP contribution in [0.5, 0.6) is 5.75 Å². The minimum Gasteiger partial charge on any atom is -0.484 e. The van der Waals surface area contributed by atoms with Crippen molar-refractivity contribution in [3.8, 4) is 5.75 Å². The van der Waals surface area contributed by atoms with Crippen molar-refractivity contribution in [3.05, 3.63) is 40.4 Å². The number of amides is 1. The van der Waals surface area contributed by atoms with Crippen molar-refractivity contribution in [3.63, 3.8) is 0 Å². The smallest absolute Gasteiger partial charge is 0.264 e. The summed E-state index contributed by atoms with van der Waals surface area (Å²) in [5.41, 5.74) is 1.48. The lowest BCUT2D eigenvalue weighted by Gasteiger charge is -2.14. The Morgan fingerprint density at radius 2 is 2.04 bits per heavy atom. The van der Waals surface area contributed by atoms with Gasteiger partial charge in [-0.1, -0.05) is 27.6 Å². The molecule has 0 heterocycles. The van der Waals surface area contributed by atoms with Crippen molar-refractivity contribution in [1.82, 2.24) is 10.6 Å². The molecule has 0 saturated carbocycles. The highest BCUT2D eigenvalue weighted by Crippen LogP contribution is 2.19. The number of hydrogen-bond donors (Lipinski definition) is 2. The van der Waals surface area contributed by atoms with Gasteiger partial charge in [-0.2, -0.15) is 0 Å². The fourth-order valence-electron chi connectivity index (χ4n) is 2.35. The van der Waals surface area contributed by atoms with E-state index < -0.39 is 0 Å². The van der Waals surface area contributed by atoms with Gasteiger partial charge in [0.2, 0.25) is 0 Å². The Bertz CT molecular complexity index is 572. The number of halogens is 1. The van der Waals surface area contributed by atoms with Crippen LogP contribution in [0.3, 0.4) is 0 Å². The van der Waals surface area contributed by atoms with E-state index in [1.54, 1.807) is 12.1 Å². The third-order valence-corrected chi connectivity index (χ3v) is 4.33. The molecule has 2 N–H and O–H groups in total. The van der Waals surface area contributed by atoms with Crippen LogP contribution in [0, 0.1) is 0 Å². The topological polar surface area (TPSA) is 50.4 Å². The Balaban J connectivity index is 1.61. The van der Waals surface area contributed by atoms with Gasteiger partial charge in [0.25, 0.3) is 5.91 Å². The molecule has 1 aromatic rings. The van der Waals surface area contributed by atoms with Gasteiger partial charge in [0.1, 0.15) is 5.75 Å². The van der Waals surface area contributed by atoms with Gasteiger partial charge in [0.05, 0.1) is 0 Å². The van der Waals surface area contributed by atoms with Gasteiger partial charge in [-0.15, -0.1) is 0 Å². The molecule has 6 heteroatoms. The van der Waals surface area contributed by atoms with E-state index in [0.717, 1.165) is 17.4 Å². The summed E-state index contributed by atoms with van der Waals surface area (Å²) in [6, 6.07) is 7.32. The Hall–Kier alpha value is -1.40. The molecule has 0 aromatic heterocycles. The third-order valence-electron chi connectivity index (χ3n) is 3.55. The molecule has 124 valence electrons. The molecule has 1 aliphatic carbocycles. The molecule has 0 saturated heterocycles. The van der Waals surface area contributed by atoms with Gasteiger partial charge in [-0.05, 0) is 68.6 Å². The number of nitrogens with one attached hydrogen (secondary N) is 2. The molecule has 0 aliphatic heterocycles. The summed E-state index contributed by atoms with van der Waals surface area (Å²) in [5, 5.41) is 6.04. The van der Waals surface area contributed by atoms with Crippen molar-refractivity contribution >= 4 is 39.2 Å². The largest absolute Gasteiger partial charge is 0.484 e. The maximum Gasteiger partial charge on any atom is 0.264 e. The second kappa shape index (κ2) is 9.67. The molecule has 0 atom stereocenters. The minimum atomic E-state index is -0.262. The highest BCUT2D eigenvalue weighted by molar-refractivity contribution is 9.10. The van der Waals surface area contributed by atoms with Crippen LogP contribution >= 0.6 is 28.1 Å². The normalized spacial score (nSPS) is 13.9. The first-order chi connectivity index (χ1) is 11.1. The Labute approximate surface area is 150 Å². The zero-order valence-corrected chi connectivity index (χ0v) is 15.3. The Kier molecular flexibility index (Phi) is 7.55. The molecule has 1 aliphatic rings. The molecule has 4 nitrogen and oxygen atoms in total. The average molecular weight is 397 g/mol. The number of ether oxygens (including phenoxy) is 1. The van der Waals surface area contributed by atoms with E-state index >= 15 is 0 Å². The summed E-state index contributed by atoms with van der Waals surface area (Å²) in [4.78, 5) is 11.8. The molecule has 0 unspecified atom stereocenters. The van der Waals surface area contributed by atoms with Crippen LogP contribution in [0.25, 0.3) is 0 Å². The van der Waals surface area contributed by atoms with Crippen LogP contribution in [-0.2, 0) is 4.79 Å². The van der Waals surface area contributed by atoms with Crippen LogP contribution in [0.4, 0.5) is 0 Å². The number of rotatable bonds is 6.